The number of anilines is 2. The van der Waals surface area contributed by atoms with Crippen molar-refractivity contribution < 1.29 is 13.2 Å². The molecule has 3 rings (SSSR count). The second-order valence-corrected chi connectivity index (χ2v) is 9.67. The van der Waals surface area contributed by atoms with Crippen LogP contribution in [-0.2, 0) is 10.0 Å². The van der Waals surface area contributed by atoms with Crippen LogP contribution in [0.1, 0.15) is 15.2 Å². The van der Waals surface area contributed by atoms with Gasteiger partial charge in [0.1, 0.15) is 9.77 Å². The number of amides is 1. The highest BCUT2D eigenvalue weighted by molar-refractivity contribution is 7.93. The van der Waals surface area contributed by atoms with Gasteiger partial charge in [0.15, 0.2) is 0 Å². The Morgan fingerprint density at radius 3 is 2.36 bits per heavy atom. The minimum Gasteiger partial charge on any atom is -0.321 e. The fraction of sp³-hybridized carbons (Fsp3) is 0.105. The predicted octanol–water partition coefficient (Wildman–Crippen LogP) is 5.44. The molecule has 0 aliphatic carbocycles. The Labute approximate surface area is 177 Å². The van der Waals surface area contributed by atoms with Crippen LogP contribution < -0.4 is 9.62 Å². The molecule has 1 N–H and O–H groups in total. The summed E-state index contributed by atoms with van der Waals surface area (Å²) in [5.74, 6) is -0.538. The van der Waals surface area contributed by atoms with Crippen LogP contribution in [0.5, 0.6) is 0 Å². The Kier molecular flexibility index (Phi) is 6.00. The Morgan fingerprint density at radius 1 is 1.04 bits per heavy atom. The Balaban J connectivity index is 1.90. The largest absolute Gasteiger partial charge is 0.321 e. The van der Waals surface area contributed by atoms with E-state index in [1.54, 1.807) is 29.6 Å². The van der Waals surface area contributed by atoms with Crippen molar-refractivity contribution in [1.82, 2.24) is 0 Å². The average Bonchev–Trinajstić information content (AvgIpc) is 3.16. The topological polar surface area (TPSA) is 66.5 Å². The Bertz CT molecular complexity index is 1130. The van der Waals surface area contributed by atoms with E-state index in [1.807, 2.05) is 19.1 Å². The van der Waals surface area contributed by atoms with Gasteiger partial charge in [-0.2, -0.15) is 0 Å². The zero-order valence-corrected chi connectivity index (χ0v) is 18.1. The van der Waals surface area contributed by atoms with Crippen molar-refractivity contribution in [1.29, 1.82) is 0 Å². The minimum atomic E-state index is -3.91. The molecule has 0 fully saturated rings. The van der Waals surface area contributed by atoms with Gasteiger partial charge in [-0.1, -0.05) is 40.9 Å². The van der Waals surface area contributed by atoms with Gasteiger partial charge >= 0.3 is 0 Å². The summed E-state index contributed by atoms with van der Waals surface area (Å²) in [5.41, 5.74) is 1.95. The third kappa shape index (κ3) is 4.17. The number of thiophene rings is 1. The summed E-state index contributed by atoms with van der Waals surface area (Å²) in [4.78, 5) is 12.7. The molecule has 0 aliphatic rings. The van der Waals surface area contributed by atoms with Crippen molar-refractivity contribution in [3.05, 3.63) is 74.4 Å². The van der Waals surface area contributed by atoms with E-state index in [0.29, 0.717) is 16.4 Å². The quantitative estimate of drug-likeness (QED) is 0.557. The SMILES string of the molecule is Cc1ccc(N(C)S(=O)(=O)c2ccsc2C(=O)Nc2ccc(Cl)c(Cl)c2)cc1. The monoisotopic (exact) mass is 454 g/mol. The summed E-state index contributed by atoms with van der Waals surface area (Å²) in [5, 5.41) is 4.87. The molecule has 1 heterocycles. The van der Waals surface area contributed by atoms with Gasteiger partial charge in [0.05, 0.1) is 15.7 Å². The van der Waals surface area contributed by atoms with Gasteiger partial charge in [-0.3, -0.25) is 9.10 Å². The molecule has 0 radical (unpaired) electrons. The number of halogens is 2. The van der Waals surface area contributed by atoms with Crippen LogP contribution >= 0.6 is 34.5 Å². The summed E-state index contributed by atoms with van der Waals surface area (Å²) in [6.07, 6.45) is 0. The number of nitrogens with zero attached hydrogens (tertiary/aromatic N) is 1. The van der Waals surface area contributed by atoms with E-state index in [-0.39, 0.29) is 14.8 Å². The summed E-state index contributed by atoms with van der Waals surface area (Å²) in [7, 11) is -2.45. The molecule has 146 valence electrons. The summed E-state index contributed by atoms with van der Waals surface area (Å²) < 4.78 is 27.3. The van der Waals surface area contributed by atoms with Crippen LogP contribution in [0, 0.1) is 6.92 Å². The van der Waals surface area contributed by atoms with Gasteiger partial charge in [-0.05, 0) is 48.7 Å². The maximum absolute atomic E-state index is 13.1. The van der Waals surface area contributed by atoms with E-state index in [9.17, 15) is 13.2 Å². The second kappa shape index (κ2) is 8.13. The molecule has 0 saturated heterocycles. The van der Waals surface area contributed by atoms with E-state index in [2.05, 4.69) is 5.32 Å². The molecule has 2 aromatic carbocycles. The maximum Gasteiger partial charge on any atom is 0.267 e. The fourth-order valence-corrected chi connectivity index (χ4v) is 5.26. The summed E-state index contributed by atoms with van der Waals surface area (Å²) >= 11 is 12.9. The van der Waals surface area contributed by atoms with E-state index in [4.69, 9.17) is 23.2 Å². The molecule has 3 aromatic rings. The first-order valence-electron chi connectivity index (χ1n) is 8.09. The number of nitrogens with one attached hydrogen (secondary N) is 1. The highest BCUT2D eigenvalue weighted by Crippen LogP contribution is 2.30. The molecule has 1 amide bonds. The molecule has 0 bridgehead atoms. The van der Waals surface area contributed by atoms with Gasteiger partial charge in [0, 0.05) is 12.7 Å². The number of aryl methyl sites for hydroxylation is 1. The molecule has 1 aromatic heterocycles. The molecule has 9 heteroatoms. The Morgan fingerprint density at radius 2 is 1.71 bits per heavy atom. The number of hydrogen-bond acceptors (Lipinski definition) is 4. The fourth-order valence-electron chi connectivity index (χ4n) is 2.47. The average molecular weight is 455 g/mol. The number of sulfonamides is 1. The number of carbonyl (C=O) groups excluding carboxylic acids is 1. The molecule has 0 saturated carbocycles. The number of benzene rings is 2. The lowest BCUT2D eigenvalue weighted by Crippen LogP contribution is -2.28. The summed E-state index contributed by atoms with van der Waals surface area (Å²) in [6, 6.07) is 13.2. The first-order valence-corrected chi connectivity index (χ1v) is 11.2. The smallest absolute Gasteiger partial charge is 0.267 e. The third-order valence-corrected chi connectivity index (χ3v) is 7.66. The maximum atomic E-state index is 13.1. The molecule has 0 spiro atoms. The molecule has 0 unspecified atom stereocenters. The van der Waals surface area contributed by atoms with Crippen molar-refractivity contribution in [2.75, 3.05) is 16.7 Å². The van der Waals surface area contributed by atoms with Crippen LogP contribution in [-0.4, -0.2) is 21.4 Å². The standard InChI is InChI=1S/C19H16Cl2N2O3S2/c1-12-3-6-14(7-4-12)23(2)28(25,26)17-9-10-27-18(17)19(24)22-13-5-8-15(20)16(21)11-13/h3-11H,1-2H3,(H,22,24). The van der Waals surface area contributed by atoms with Crippen LogP contribution in [0.3, 0.4) is 0 Å². The third-order valence-electron chi connectivity index (χ3n) is 4.05. The van der Waals surface area contributed by atoms with Gasteiger partial charge < -0.3 is 5.32 Å². The Hall–Kier alpha value is -2.06. The first-order chi connectivity index (χ1) is 13.2. The van der Waals surface area contributed by atoms with E-state index < -0.39 is 15.9 Å². The van der Waals surface area contributed by atoms with Gasteiger partial charge in [-0.15, -0.1) is 11.3 Å². The lowest BCUT2D eigenvalue weighted by atomic mass is 10.2. The molecule has 0 aliphatic heterocycles. The van der Waals surface area contributed by atoms with Crippen LogP contribution in [0.2, 0.25) is 10.0 Å². The molecular weight excluding hydrogens is 439 g/mol. The van der Waals surface area contributed by atoms with Gasteiger partial charge in [-0.25, -0.2) is 8.42 Å². The van der Waals surface area contributed by atoms with E-state index >= 15 is 0 Å². The van der Waals surface area contributed by atoms with Crippen LogP contribution in [0.15, 0.2) is 58.8 Å². The first kappa shape index (κ1) is 20.7. The lowest BCUT2D eigenvalue weighted by Gasteiger charge is -2.19. The van der Waals surface area contributed by atoms with E-state index in [1.165, 1.54) is 19.2 Å². The second-order valence-electron chi connectivity index (χ2n) is 6.01. The minimum absolute atomic E-state index is 0.0573. The summed E-state index contributed by atoms with van der Waals surface area (Å²) in [6.45, 7) is 1.92. The number of carbonyl (C=O) groups is 1. The van der Waals surface area contributed by atoms with Gasteiger partial charge in [0.2, 0.25) is 0 Å². The van der Waals surface area contributed by atoms with Crippen LogP contribution in [0.25, 0.3) is 0 Å². The molecular formula is C19H16Cl2N2O3S2. The molecule has 28 heavy (non-hydrogen) atoms. The van der Waals surface area contributed by atoms with Crippen molar-refractivity contribution in [3.63, 3.8) is 0 Å². The lowest BCUT2D eigenvalue weighted by molar-refractivity contribution is 0.102. The van der Waals surface area contributed by atoms with E-state index in [0.717, 1.165) is 21.2 Å². The van der Waals surface area contributed by atoms with Crippen molar-refractivity contribution in [2.45, 2.75) is 11.8 Å². The van der Waals surface area contributed by atoms with Crippen molar-refractivity contribution >= 4 is 61.8 Å². The van der Waals surface area contributed by atoms with Gasteiger partial charge in [0.25, 0.3) is 15.9 Å². The molecule has 5 nitrogen and oxygen atoms in total. The highest BCUT2D eigenvalue weighted by atomic mass is 35.5. The zero-order chi connectivity index (χ0) is 20.5. The normalized spacial score (nSPS) is 11.3. The van der Waals surface area contributed by atoms with Crippen LogP contribution in [0.4, 0.5) is 11.4 Å². The molecule has 0 atom stereocenters. The number of hydrogen-bond donors (Lipinski definition) is 1. The zero-order valence-electron chi connectivity index (χ0n) is 14.9. The van der Waals surface area contributed by atoms with Crippen molar-refractivity contribution in [2.24, 2.45) is 0 Å². The number of rotatable bonds is 5. The predicted molar refractivity (Wildman–Crippen MR) is 116 cm³/mol. The highest BCUT2D eigenvalue weighted by Gasteiger charge is 2.28. The van der Waals surface area contributed by atoms with Crippen molar-refractivity contribution in [3.8, 4) is 0 Å².